The van der Waals surface area contributed by atoms with E-state index < -0.39 is 15.8 Å². The Hall–Kier alpha value is -3.74. The van der Waals surface area contributed by atoms with Gasteiger partial charge in [0.1, 0.15) is 17.2 Å². The van der Waals surface area contributed by atoms with Gasteiger partial charge in [-0.1, -0.05) is 11.6 Å². The van der Waals surface area contributed by atoms with Crippen LogP contribution >= 0.6 is 11.6 Å². The number of nitrogens with zero attached hydrogens (tertiary/aromatic N) is 5. The predicted molar refractivity (Wildman–Crippen MR) is 143 cm³/mol. The summed E-state index contributed by atoms with van der Waals surface area (Å²) < 4.78 is 44.1. The fourth-order valence-corrected chi connectivity index (χ4v) is 5.63. The van der Waals surface area contributed by atoms with Crippen molar-refractivity contribution in [2.24, 2.45) is 0 Å². The van der Waals surface area contributed by atoms with E-state index in [1.54, 1.807) is 4.90 Å². The first kappa shape index (κ1) is 25.9. The number of anilines is 2. The molecule has 3 N–H and O–H groups in total. The fraction of sp³-hybridized carbons (Fsp3) is 0.240. The highest BCUT2D eigenvalue weighted by Crippen LogP contribution is 2.31. The third-order valence-corrected chi connectivity index (χ3v) is 8.26. The van der Waals surface area contributed by atoms with Crippen molar-refractivity contribution in [1.82, 2.24) is 24.4 Å². The molecule has 0 saturated carbocycles. The highest BCUT2D eigenvalue weighted by atomic mass is 35.5. The van der Waals surface area contributed by atoms with Crippen molar-refractivity contribution in [2.45, 2.75) is 17.4 Å². The van der Waals surface area contributed by atoms with Gasteiger partial charge in [0.05, 0.1) is 16.8 Å². The third kappa shape index (κ3) is 4.77. The van der Waals surface area contributed by atoms with Crippen LogP contribution in [0.5, 0.6) is 0 Å². The Kier molecular flexibility index (Phi) is 6.72. The standard InChI is InChI=1S/C25H25ClFN7O3S/c1-32(2)17-9-10-33(14-17)25(35)21-13-30-34-23(28)20(12-29-24(21)34)19-8-5-16(11-22(19)27)31-38(36,37)18-6-3-15(26)4-7-18/h3-8,11-13,17,31H,9-10,14,28H2,1-2H3. The minimum Gasteiger partial charge on any atom is -0.383 e. The van der Waals surface area contributed by atoms with E-state index in [4.69, 9.17) is 17.3 Å². The molecule has 5 rings (SSSR count). The summed E-state index contributed by atoms with van der Waals surface area (Å²) in [6.45, 7) is 1.24. The summed E-state index contributed by atoms with van der Waals surface area (Å²) in [5, 5.41) is 4.63. The van der Waals surface area contributed by atoms with Crippen LogP contribution in [0.1, 0.15) is 16.8 Å². The molecule has 13 heteroatoms. The molecule has 2 aromatic heterocycles. The molecule has 0 spiro atoms. The molecule has 1 unspecified atom stereocenters. The molecular weight excluding hydrogens is 533 g/mol. The van der Waals surface area contributed by atoms with Crippen molar-refractivity contribution in [3.63, 3.8) is 0 Å². The number of rotatable bonds is 6. The molecule has 3 heterocycles. The highest BCUT2D eigenvalue weighted by Gasteiger charge is 2.30. The lowest BCUT2D eigenvalue weighted by Crippen LogP contribution is -2.34. The minimum absolute atomic E-state index is 0.0134. The molecule has 10 nitrogen and oxygen atoms in total. The van der Waals surface area contributed by atoms with Crippen molar-refractivity contribution in [1.29, 1.82) is 0 Å². The van der Waals surface area contributed by atoms with E-state index in [1.165, 1.54) is 53.3 Å². The van der Waals surface area contributed by atoms with E-state index in [1.807, 2.05) is 14.1 Å². The Bertz CT molecular complexity index is 1640. The summed E-state index contributed by atoms with van der Waals surface area (Å²) in [7, 11) is 0.0211. The number of nitrogen functional groups attached to an aromatic ring is 1. The average Bonchev–Trinajstić information content (AvgIpc) is 3.53. The number of likely N-dealkylation sites (tertiary alicyclic amines) is 1. The number of aromatic nitrogens is 3. The first-order chi connectivity index (χ1) is 18.0. The maximum Gasteiger partial charge on any atom is 0.261 e. The van der Waals surface area contributed by atoms with Crippen molar-refractivity contribution in [3.05, 3.63) is 71.3 Å². The van der Waals surface area contributed by atoms with E-state index in [2.05, 4.69) is 19.7 Å². The molecule has 0 radical (unpaired) electrons. The van der Waals surface area contributed by atoms with Crippen LogP contribution in [0.3, 0.4) is 0 Å². The number of fused-ring (bicyclic) bond motifs is 1. The zero-order chi connectivity index (χ0) is 27.2. The number of halogens is 2. The average molecular weight is 558 g/mol. The maximum absolute atomic E-state index is 15.2. The van der Waals surface area contributed by atoms with Gasteiger partial charge in [-0.3, -0.25) is 9.52 Å². The smallest absolute Gasteiger partial charge is 0.261 e. The first-order valence-corrected chi connectivity index (χ1v) is 13.6. The quantitative estimate of drug-likeness (QED) is 0.372. The first-order valence-electron chi connectivity index (χ1n) is 11.7. The summed E-state index contributed by atoms with van der Waals surface area (Å²) in [5.41, 5.74) is 7.29. The molecule has 1 atom stereocenters. The van der Waals surface area contributed by atoms with Crippen LogP contribution < -0.4 is 10.5 Å². The van der Waals surface area contributed by atoms with Gasteiger partial charge in [-0.25, -0.2) is 17.8 Å². The van der Waals surface area contributed by atoms with Gasteiger partial charge in [-0.15, -0.1) is 0 Å². The number of nitrogens with one attached hydrogen (secondary N) is 1. The van der Waals surface area contributed by atoms with Crippen LogP contribution in [0.4, 0.5) is 15.9 Å². The lowest BCUT2D eigenvalue weighted by Gasteiger charge is -2.20. The predicted octanol–water partition coefficient (Wildman–Crippen LogP) is 3.35. The Morgan fingerprint density at radius 3 is 2.55 bits per heavy atom. The highest BCUT2D eigenvalue weighted by molar-refractivity contribution is 7.92. The number of hydrogen-bond donors (Lipinski definition) is 2. The summed E-state index contributed by atoms with van der Waals surface area (Å²) in [5.74, 6) is -0.813. The monoisotopic (exact) mass is 557 g/mol. The van der Waals surface area contributed by atoms with Crippen LogP contribution in [0.15, 0.2) is 59.8 Å². The molecule has 0 aliphatic carbocycles. The Morgan fingerprint density at radius 1 is 1.16 bits per heavy atom. The van der Waals surface area contributed by atoms with Gasteiger partial charge in [0.2, 0.25) is 0 Å². The van der Waals surface area contributed by atoms with Gasteiger partial charge in [-0.05, 0) is 63.0 Å². The fourth-order valence-electron chi connectivity index (χ4n) is 4.45. The van der Waals surface area contributed by atoms with E-state index in [0.29, 0.717) is 23.7 Å². The Morgan fingerprint density at radius 2 is 1.89 bits per heavy atom. The number of amides is 1. The SMILES string of the molecule is CN(C)C1CCN(C(=O)c2cnn3c(N)c(-c4ccc(NS(=O)(=O)c5ccc(Cl)cc5)cc4F)cnc23)C1. The molecule has 1 saturated heterocycles. The summed E-state index contributed by atoms with van der Waals surface area (Å²) in [6.07, 6.45) is 3.67. The molecule has 2 aromatic carbocycles. The van der Waals surface area contributed by atoms with E-state index in [0.717, 1.165) is 12.5 Å². The summed E-state index contributed by atoms with van der Waals surface area (Å²) in [6, 6.07) is 9.76. The molecule has 1 amide bonds. The van der Waals surface area contributed by atoms with Crippen molar-refractivity contribution in [3.8, 4) is 11.1 Å². The molecule has 1 aliphatic heterocycles. The second-order valence-corrected chi connectivity index (χ2v) is 11.4. The number of nitrogens with two attached hydrogens (primary N) is 1. The lowest BCUT2D eigenvalue weighted by atomic mass is 10.1. The number of likely N-dealkylation sites (N-methyl/N-ethyl adjacent to an activating group) is 1. The van der Waals surface area contributed by atoms with E-state index >= 15 is 4.39 Å². The number of sulfonamides is 1. The zero-order valence-electron chi connectivity index (χ0n) is 20.6. The van der Waals surface area contributed by atoms with Gasteiger partial charge >= 0.3 is 0 Å². The van der Waals surface area contributed by atoms with Crippen molar-refractivity contribution >= 4 is 44.7 Å². The van der Waals surface area contributed by atoms with Gasteiger partial charge in [0.25, 0.3) is 15.9 Å². The largest absolute Gasteiger partial charge is 0.383 e. The Labute approximate surface area is 223 Å². The summed E-state index contributed by atoms with van der Waals surface area (Å²) in [4.78, 5) is 21.3. The van der Waals surface area contributed by atoms with Crippen LogP contribution in [0.25, 0.3) is 16.8 Å². The summed E-state index contributed by atoms with van der Waals surface area (Å²) >= 11 is 5.82. The Balaban J connectivity index is 1.41. The third-order valence-electron chi connectivity index (χ3n) is 6.61. The van der Waals surface area contributed by atoms with Crippen LogP contribution in [-0.4, -0.2) is 71.9 Å². The molecule has 198 valence electrons. The molecular formula is C25H25ClFN7O3S. The van der Waals surface area contributed by atoms with Crippen LogP contribution in [0.2, 0.25) is 5.02 Å². The molecule has 1 aliphatic rings. The molecule has 4 aromatic rings. The van der Waals surface area contributed by atoms with Crippen molar-refractivity contribution < 1.29 is 17.6 Å². The van der Waals surface area contributed by atoms with Crippen LogP contribution in [0, 0.1) is 5.82 Å². The number of carbonyl (C=O) groups is 1. The number of hydrogen-bond acceptors (Lipinski definition) is 7. The second-order valence-electron chi connectivity index (χ2n) is 9.26. The number of benzene rings is 2. The molecule has 38 heavy (non-hydrogen) atoms. The maximum atomic E-state index is 15.2. The lowest BCUT2D eigenvalue weighted by molar-refractivity contribution is 0.0784. The second kappa shape index (κ2) is 9.86. The van der Waals surface area contributed by atoms with Gasteiger partial charge < -0.3 is 15.5 Å². The van der Waals surface area contributed by atoms with E-state index in [-0.39, 0.29) is 45.1 Å². The van der Waals surface area contributed by atoms with Gasteiger partial charge in [0, 0.05) is 41.5 Å². The number of carbonyl (C=O) groups excluding carboxylic acids is 1. The molecule has 1 fully saturated rings. The van der Waals surface area contributed by atoms with Crippen molar-refractivity contribution in [2.75, 3.05) is 37.6 Å². The normalized spacial score (nSPS) is 15.9. The topological polar surface area (TPSA) is 126 Å². The molecule has 0 bridgehead atoms. The zero-order valence-corrected chi connectivity index (χ0v) is 22.2. The van der Waals surface area contributed by atoms with Gasteiger partial charge in [-0.2, -0.15) is 9.61 Å². The van der Waals surface area contributed by atoms with Gasteiger partial charge in [0.15, 0.2) is 5.65 Å². The minimum atomic E-state index is -3.95. The van der Waals surface area contributed by atoms with E-state index in [9.17, 15) is 13.2 Å². The van der Waals surface area contributed by atoms with Crippen LogP contribution in [-0.2, 0) is 10.0 Å².